The van der Waals surface area contributed by atoms with Crippen molar-refractivity contribution < 1.29 is 9.53 Å². The lowest BCUT2D eigenvalue weighted by Crippen LogP contribution is -2.43. The van der Waals surface area contributed by atoms with Gasteiger partial charge in [-0.2, -0.15) is 15.1 Å². The molecule has 2 aliphatic rings. The molecule has 3 heterocycles. The van der Waals surface area contributed by atoms with E-state index in [1.807, 2.05) is 24.7 Å². The molecular weight excluding hydrogens is 360 g/mol. The second kappa shape index (κ2) is 7.63. The number of aromatic nitrogens is 4. The van der Waals surface area contributed by atoms with Crippen molar-refractivity contribution in [3.63, 3.8) is 0 Å². The van der Waals surface area contributed by atoms with Crippen molar-refractivity contribution >= 4 is 23.4 Å². The Hall–Kier alpha value is -2.88. The van der Waals surface area contributed by atoms with Crippen LogP contribution < -0.4 is 26.4 Å². The first-order valence-corrected chi connectivity index (χ1v) is 9.67. The molecule has 2 atom stereocenters. The zero-order valence-electron chi connectivity index (χ0n) is 16.1. The Labute approximate surface area is 163 Å². The van der Waals surface area contributed by atoms with Gasteiger partial charge in [0.05, 0.1) is 11.9 Å². The van der Waals surface area contributed by atoms with E-state index in [1.165, 1.54) is 0 Å². The molecule has 10 heteroatoms. The lowest BCUT2D eigenvalue weighted by atomic mass is 9.91. The van der Waals surface area contributed by atoms with E-state index in [9.17, 15) is 4.79 Å². The maximum Gasteiger partial charge on any atom is 0.263 e. The fraction of sp³-hybridized carbons (Fsp3) is 0.556. The highest BCUT2D eigenvalue weighted by molar-refractivity contribution is 6.02. The van der Waals surface area contributed by atoms with Gasteiger partial charge in [0.15, 0.2) is 12.5 Å². The van der Waals surface area contributed by atoms with Gasteiger partial charge >= 0.3 is 0 Å². The van der Waals surface area contributed by atoms with Gasteiger partial charge in [-0.15, -0.1) is 0 Å². The number of nitrogens with zero attached hydrogens (tertiary/aromatic N) is 4. The summed E-state index contributed by atoms with van der Waals surface area (Å²) >= 11 is 0. The highest BCUT2D eigenvalue weighted by atomic mass is 16.5. The monoisotopic (exact) mass is 386 g/mol. The molecule has 0 aromatic carbocycles. The number of ether oxygens (including phenoxy) is 1. The number of nitrogens with one attached hydrogen (secondary N) is 3. The number of hydrogen-bond acceptors (Lipinski definition) is 8. The largest absolute Gasteiger partial charge is 0.456 e. The topological polar surface area (TPSA) is 132 Å². The fourth-order valence-corrected chi connectivity index (χ4v) is 3.49. The van der Waals surface area contributed by atoms with E-state index in [4.69, 9.17) is 10.5 Å². The van der Waals surface area contributed by atoms with Gasteiger partial charge in [-0.05, 0) is 26.7 Å². The van der Waals surface area contributed by atoms with Gasteiger partial charge in [0.2, 0.25) is 11.8 Å². The summed E-state index contributed by atoms with van der Waals surface area (Å²) in [5.41, 5.74) is 7.25. The molecular formula is C18H26N8O2. The van der Waals surface area contributed by atoms with Crippen molar-refractivity contribution in [2.75, 3.05) is 17.4 Å². The summed E-state index contributed by atoms with van der Waals surface area (Å²) in [7, 11) is 0. The summed E-state index contributed by atoms with van der Waals surface area (Å²) in [6.07, 6.45) is 7.76. The van der Waals surface area contributed by atoms with Gasteiger partial charge < -0.3 is 26.4 Å². The maximum absolute atomic E-state index is 12.4. The van der Waals surface area contributed by atoms with Crippen molar-refractivity contribution in [1.29, 1.82) is 0 Å². The Morgan fingerprint density at radius 1 is 1.32 bits per heavy atom. The molecule has 28 heavy (non-hydrogen) atoms. The number of amides is 1. The quantitative estimate of drug-likeness (QED) is 0.611. The van der Waals surface area contributed by atoms with E-state index >= 15 is 0 Å². The molecule has 1 saturated carbocycles. The third-order valence-electron chi connectivity index (χ3n) is 5.07. The predicted octanol–water partition coefficient (Wildman–Crippen LogP) is 1.76. The molecule has 0 unspecified atom stereocenters. The van der Waals surface area contributed by atoms with E-state index in [-0.39, 0.29) is 42.2 Å². The minimum atomic E-state index is -0.277. The Bertz CT molecular complexity index is 865. The summed E-state index contributed by atoms with van der Waals surface area (Å²) in [4.78, 5) is 21.3. The van der Waals surface area contributed by atoms with Crippen LogP contribution in [0.4, 0.5) is 17.5 Å². The average Bonchev–Trinajstić information content (AvgIpc) is 3.12. The summed E-state index contributed by atoms with van der Waals surface area (Å²) < 4.78 is 7.38. The van der Waals surface area contributed by atoms with Gasteiger partial charge in [0.1, 0.15) is 5.56 Å². The third-order valence-corrected chi connectivity index (χ3v) is 5.07. The number of rotatable bonds is 5. The van der Waals surface area contributed by atoms with E-state index < -0.39 is 0 Å². The minimum absolute atomic E-state index is 0.0540. The lowest BCUT2D eigenvalue weighted by molar-refractivity contribution is 0.0879. The van der Waals surface area contributed by atoms with Crippen LogP contribution in [-0.2, 0) is 0 Å². The fourth-order valence-electron chi connectivity index (χ4n) is 3.49. The van der Waals surface area contributed by atoms with Gasteiger partial charge in [-0.1, -0.05) is 12.8 Å². The molecule has 10 nitrogen and oxygen atoms in total. The normalized spacial score (nSPS) is 21.6. The molecule has 1 aliphatic heterocycles. The van der Waals surface area contributed by atoms with Crippen LogP contribution in [0.15, 0.2) is 12.4 Å². The first kappa shape index (κ1) is 18.5. The highest BCUT2D eigenvalue weighted by Crippen LogP contribution is 2.30. The zero-order chi connectivity index (χ0) is 19.7. The predicted molar refractivity (Wildman–Crippen MR) is 105 cm³/mol. The molecule has 150 valence electrons. The molecule has 0 spiro atoms. The Balaban J connectivity index is 1.65. The summed E-state index contributed by atoms with van der Waals surface area (Å²) in [6, 6.07) is 0.380. The van der Waals surface area contributed by atoms with Gasteiger partial charge in [0, 0.05) is 24.3 Å². The van der Waals surface area contributed by atoms with Crippen LogP contribution in [0.3, 0.4) is 0 Å². The standard InChI is InChI=1S/C18H26N8O2/c1-10(2)26-8-11(7-21-26)22-15-14-16(27)20-9-28-17(14)25-18(24-15)23-13-6-4-3-5-12(13)19/h7-8,10,12-13H,3-6,9,19H2,1-2H3,(H,20,27)(H2,22,23,24,25)/t12-,13+/m0/s1. The highest BCUT2D eigenvalue weighted by Gasteiger charge is 2.28. The van der Waals surface area contributed by atoms with Gasteiger partial charge in [-0.3, -0.25) is 9.48 Å². The van der Waals surface area contributed by atoms with Crippen LogP contribution in [0.2, 0.25) is 0 Å². The molecule has 1 amide bonds. The van der Waals surface area contributed by atoms with Crippen molar-refractivity contribution in [3.8, 4) is 5.88 Å². The number of carbonyl (C=O) groups excluding carboxylic acids is 1. The summed E-state index contributed by atoms with van der Waals surface area (Å²) in [6.45, 7) is 4.16. The van der Waals surface area contributed by atoms with Crippen LogP contribution >= 0.6 is 0 Å². The SMILES string of the molecule is CC(C)n1cc(Nc2nc(N[C@@H]3CCCC[C@@H]3N)nc3c2C(=O)NCO3)cn1. The Morgan fingerprint density at radius 3 is 2.89 bits per heavy atom. The molecule has 1 fully saturated rings. The second-order valence-corrected chi connectivity index (χ2v) is 7.50. The van der Waals surface area contributed by atoms with Gasteiger partial charge in [0.25, 0.3) is 5.91 Å². The Morgan fingerprint density at radius 2 is 2.14 bits per heavy atom. The van der Waals surface area contributed by atoms with Gasteiger partial charge in [-0.25, -0.2) is 0 Å². The van der Waals surface area contributed by atoms with E-state index in [0.29, 0.717) is 11.8 Å². The molecule has 0 radical (unpaired) electrons. The lowest BCUT2D eigenvalue weighted by Gasteiger charge is -2.29. The number of carbonyl (C=O) groups is 1. The van der Waals surface area contributed by atoms with Crippen LogP contribution in [0.1, 0.15) is 55.9 Å². The molecule has 5 N–H and O–H groups in total. The van der Waals surface area contributed by atoms with Crippen LogP contribution in [0.5, 0.6) is 5.88 Å². The summed E-state index contributed by atoms with van der Waals surface area (Å²) in [5, 5.41) is 13.5. The minimum Gasteiger partial charge on any atom is -0.456 e. The van der Waals surface area contributed by atoms with Crippen molar-refractivity contribution in [1.82, 2.24) is 25.1 Å². The number of fused-ring (bicyclic) bond motifs is 1. The first-order valence-electron chi connectivity index (χ1n) is 9.67. The first-order chi connectivity index (χ1) is 13.5. The molecule has 0 bridgehead atoms. The number of anilines is 3. The molecule has 0 saturated heterocycles. The van der Waals surface area contributed by atoms with Crippen molar-refractivity contribution in [3.05, 3.63) is 18.0 Å². The maximum atomic E-state index is 12.4. The van der Waals surface area contributed by atoms with E-state index in [0.717, 1.165) is 31.4 Å². The van der Waals surface area contributed by atoms with Crippen LogP contribution in [0, 0.1) is 0 Å². The molecule has 1 aliphatic carbocycles. The molecule has 4 rings (SSSR count). The zero-order valence-corrected chi connectivity index (χ0v) is 16.1. The third kappa shape index (κ3) is 3.72. The molecule has 2 aromatic heterocycles. The van der Waals surface area contributed by atoms with E-state index in [1.54, 1.807) is 6.20 Å². The second-order valence-electron chi connectivity index (χ2n) is 7.50. The van der Waals surface area contributed by atoms with E-state index in [2.05, 4.69) is 31.0 Å². The van der Waals surface area contributed by atoms with Crippen molar-refractivity contribution in [2.45, 2.75) is 57.7 Å². The van der Waals surface area contributed by atoms with Crippen LogP contribution in [-0.4, -0.2) is 44.5 Å². The summed E-state index contributed by atoms with van der Waals surface area (Å²) in [5.74, 6) is 0.747. The molecule has 2 aromatic rings. The van der Waals surface area contributed by atoms with Crippen molar-refractivity contribution in [2.24, 2.45) is 5.73 Å². The van der Waals surface area contributed by atoms with Crippen LogP contribution in [0.25, 0.3) is 0 Å². The number of hydrogen-bond donors (Lipinski definition) is 4. The average molecular weight is 386 g/mol. The Kier molecular flexibility index (Phi) is 5.03. The number of nitrogens with two attached hydrogens (primary N) is 1. The smallest absolute Gasteiger partial charge is 0.263 e.